The summed E-state index contributed by atoms with van der Waals surface area (Å²) in [7, 11) is 0. The Morgan fingerprint density at radius 2 is 1.06 bits per heavy atom. The Kier molecular flexibility index (Phi) is 19.7. The minimum Gasteiger partial charge on any atom is -0.545 e. The normalized spacial score (nSPS) is 10.6. The number of carboxylic acid groups (broad SMARTS) is 2. The molecule has 0 heterocycles. The van der Waals surface area contributed by atoms with E-state index in [0.29, 0.717) is 12.0 Å². The van der Waals surface area contributed by atoms with Gasteiger partial charge < -0.3 is 19.8 Å². The van der Waals surface area contributed by atoms with Crippen molar-refractivity contribution in [2.24, 2.45) is 0 Å². The van der Waals surface area contributed by atoms with Crippen LogP contribution in [0, 0.1) is 0 Å². The fourth-order valence-corrected chi connectivity index (χ4v) is 4.08. The van der Waals surface area contributed by atoms with Crippen molar-refractivity contribution < 1.29 is 19.8 Å². The van der Waals surface area contributed by atoms with Gasteiger partial charge in [0.15, 0.2) is 0 Å². The van der Waals surface area contributed by atoms with Crippen LogP contribution >= 0.6 is 0 Å². The molecule has 0 aliphatic carbocycles. The van der Waals surface area contributed by atoms with Gasteiger partial charge in [-0.2, -0.15) is 0 Å². The SMILES string of the molecule is CCCCCCCCCCCCCCCCCCc1cccc(C(=O)[O-])c1C(=O)[O-].[Ca+2]. The van der Waals surface area contributed by atoms with E-state index >= 15 is 0 Å². The molecule has 0 radical (unpaired) electrons. The predicted molar refractivity (Wildman–Crippen MR) is 124 cm³/mol. The number of aryl methyl sites for hydroxylation is 1. The molecule has 0 bridgehead atoms. The van der Waals surface area contributed by atoms with E-state index in [1.54, 1.807) is 12.1 Å². The summed E-state index contributed by atoms with van der Waals surface area (Å²) in [6, 6.07) is 4.50. The van der Waals surface area contributed by atoms with Crippen LogP contribution in [0.2, 0.25) is 0 Å². The van der Waals surface area contributed by atoms with Crippen molar-refractivity contribution in [2.75, 3.05) is 0 Å². The fraction of sp³-hybridized carbons (Fsp3) is 0.692. The fourth-order valence-electron chi connectivity index (χ4n) is 4.08. The molecule has 0 fully saturated rings. The summed E-state index contributed by atoms with van der Waals surface area (Å²) in [5.74, 6) is -2.91. The smallest absolute Gasteiger partial charge is 0.545 e. The summed E-state index contributed by atoms with van der Waals surface area (Å²) >= 11 is 0. The molecule has 1 aromatic carbocycles. The van der Waals surface area contributed by atoms with Gasteiger partial charge in [0.2, 0.25) is 0 Å². The van der Waals surface area contributed by atoms with Gasteiger partial charge in [-0.1, -0.05) is 121 Å². The van der Waals surface area contributed by atoms with Crippen LogP contribution in [0.25, 0.3) is 0 Å². The second-order valence-electron chi connectivity index (χ2n) is 8.47. The average molecular weight is 457 g/mol. The van der Waals surface area contributed by atoms with Crippen molar-refractivity contribution in [3.05, 3.63) is 34.9 Å². The molecule has 0 aromatic heterocycles. The van der Waals surface area contributed by atoms with Crippen LogP contribution in [0.1, 0.15) is 136 Å². The van der Waals surface area contributed by atoms with Gasteiger partial charge in [-0.3, -0.25) is 0 Å². The largest absolute Gasteiger partial charge is 2.00 e. The zero-order valence-electron chi connectivity index (χ0n) is 19.6. The number of carbonyl (C=O) groups is 2. The van der Waals surface area contributed by atoms with Gasteiger partial charge in [-0.05, 0) is 18.4 Å². The Hall–Kier alpha value is -0.580. The van der Waals surface area contributed by atoms with E-state index in [0.717, 1.165) is 19.3 Å². The number of rotatable bonds is 19. The molecule has 0 N–H and O–H groups in total. The van der Waals surface area contributed by atoms with E-state index in [1.165, 1.54) is 89.5 Å². The van der Waals surface area contributed by atoms with E-state index in [2.05, 4.69) is 6.92 Å². The molecule has 1 rings (SSSR count). The van der Waals surface area contributed by atoms with Crippen LogP contribution in [-0.4, -0.2) is 49.7 Å². The molecule has 0 aliphatic rings. The summed E-state index contributed by atoms with van der Waals surface area (Å²) in [5, 5.41) is 22.4. The summed E-state index contributed by atoms with van der Waals surface area (Å²) < 4.78 is 0. The van der Waals surface area contributed by atoms with Crippen molar-refractivity contribution in [1.29, 1.82) is 0 Å². The number of carbonyl (C=O) groups excluding carboxylic acids is 2. The third-order valence-electron chi connectivity index (χ3n) is 5.87. The first kappa shape index (κ1) is 30.4. The minimum atomic E-state index is -1.47. The van der Waals surface area contributed by atoms with Crippen LogP contribution in [0.5, 0.6) is 0 Å². The summed E-state index contributed by atoms with van der Waals surface area (Å²) in [4.78, 5) is 22.4. The third-order valence-corrected chi connectivity index (χ3v) is 5.87. The van der Waals surface area contributed by atoms with Crippen molar-refractivity contribution >= 4 is 49.7 Å². The Morgan fingerprint density at radius 1 is 0.645 bits per heavy atom. The maximum absolute atomic E-state index is 11.3. The van der Waals surface area contributed by atoms with Crippen LogP contribution in [0.4, 0.5) is 0 Å². The van der Waals surface area contributed by atoms with E-state index in [4.69, 9.17) is 0 Å². The molecular weight excluding hydrogens is 416 g/mol. The number of hydrogen-bond acceptors (Lipinski definition) is 4. The van der Waals surface area contributed by atoms with Gasteiger partial charge in [0, 0.05) is 11.1 Å². The van der Waals surface area contributed by atoms with Gasteiger partial charge in [0.1, 0.15) is 0 Å². The molecule has 0 saturated heterocycles. The van der Waals surface area contributed by atoms with Crippen LogP contribution < -0.4 is 10.2 Å². The Morgan fingerprint density at radius 3 is 1.45 bits per heavy atom. The third kappa shape index (κ3) is 14.2. The molecule has 0 spiro atoms. The monoisotopic (exact) mass is 456 g/mol. The van der Waals surface area contributed by atoms with Crippen LogP contribution in [0.3, 0.4) is 0 Å². The second-order valence-corrected chi connectivity index (χ2v) is 8.47. The van der Waals surface area contributed by atoms with E-state index in [1.807, 2.05) is 0 Å². The van der Waals surface area contributed by atoms with Gasteiger partial charge in [-0.15, -0.1) is 0 Å². The molecule has 4 nitrogen and oxygen atoms in total. The molecule has 1 aromatic rings. The zero-order valence-corrected chi connectivity index (χ0v) is 21.8. The molecule has 0 atom stereocenters. The van der Waals surface area contributed by atoms with Gasteiger partial charge in [0.25, 0.3) is 0 Å². The maximum atomic E-state index is 11.3. The topological polar surface area (TPSA) is 80.3 Å². The molecule has 170 valence electrons. The van der Waals surface area contributed by atoms with Crippen LogP contribution in [0.15, 0.2) is 18.2 Å². The number of unbranched alkanes of at least 4 members (excludes halogenated alkanes) is 15. The van der Waals surface area contributed by atoms with Gasteiger partial charge >= 0.3 is 37.7 Å². The minimum absolute atomic E-state index is 0. The standard InChI is InChI=1S/C26H42O4.Ca/c1-2-3-4-5-6-7-8-9-10-11-12-13-14-15-16-17-19-22-20-18-21-23(25(27)28)24(22)26(29)30;/h18,20-21H,2-17,19H2,1H3,(H,27,28)(H,29,30);/q;+2/p-2. The summed E-state index contributed by atoms with van der Waals surface area (Å²) in [6.07, 6.45) is 21.1. The first-order chi connectivity index (χ1) is 14.6. The number of benzene rings is 1. The molecule has 0 saturated carbocycles. The van der Waals surface area contributed by atoms with Crippen molar-refractivity contribution in [1.82, 2.24) is 0 Å². The second kappa shape index (κ2) is 20.1. The predicted octanol–water partition coefficient (Wildman–Crippen LogP) is 4.84. The van der Waals surface area contributed by atoms with Gasteiger partial charge in [0.05, 0.1) is 11.9 Å². The maximum Gasteiger partial charge on any atom is 2.00 e. The first-order valence-electron chi connectivity index (χ1n) is 12.1. The van der Waals surface area contributed by atoms with E-state index in [-0.39, 0.29) is 48.9 Å². The molecule has 0 aliphatic heterocycles. The summed E-state index contributed by atoms with van der Waals surface area (Å²) in [6.45, 7) is 2.26. The molecule has 31 heavy (non-hydrogen) atoms. The molecule has 0 unspecified atom stereocenters. The van der Waals surface area contributed by atoms with E-state index in [9.17, 15) is 19.8 Å². The Labute approximate surface area is 219 Å². The van der Waals surface area contributed by atoms with Crippen molar-refractivity contribution in [3.8, 4) is 0 Å². The summed E-state index contributed by atoms with van der Waals surface area (Å²) in [5.41, 5.74) is 0.0181. The van der Waals surface area contributed by atoms with Crippen LogP contribution in [-0.2, 0) is 6.42 Å². The molecule has 0 amide bonds. The Bertz CT molecular complexity index is 615. The van der Waals surface area contributed by atoms with Crippen molar-refractivity contribution in [3.63, 3.8) is 0 Å². The first-order valence-corrected chi connectivity index (χ1v) is 12.1. The van der Waals surface area contributed by atoms with Gasteiger partial charge in [-0.25, -0.2) is 0 Å². The Balaban J connectivity index is 0.00000900. The quantitative estimate of drug-likeness (QED) is 0.220. The average Bonchev–Trinajstić information content (AvgIpc) is 2.73. The number of hydrogen-bond donors (Lipinski definition) is 0. The van der Waals surface area contributed by atoms with Crippen molar-refractivity contribution in [2.45, 2.75) is 116 Å². The molecule has 5 heteroatoms. The number of carboxylic acids is 2. The van der Waals surface area contributed by atoms with E-state index < -0.39 is 11.9 Å². The molecular formula is C26H40CaO4. The zero-order chi connectivity index (χ0) is 22.0. The number of aromatic carboxylic acids is 2.